The maximum absolute atomic E-state index is 12.7. The largest absolute Gasteiger partial charge is 0.386 e. The van der Waals surface area contributed by atoms with Crippen LogP contribution in [0.4, 0.5) is 8.78 Å². The molecule has 0 spiro atoms. The average molecular weight is 188 g/mol. The third-order valence-corrected chi connectivity index (χ3v) is 1.89. The van der Waals surface area contributed by atoms with E-state index in [1.165, 1.54) is 6.92 Å². The van der Waals surface area contributed by atoms with Crippen molar-refractivity contribution in [1.82, 2.24) is 5.32 Å². The number of alkyl halides is 2. The highest BCUT2D eigenvalue weighted by Gasteiger charge is 2.46. The SMILES string of the molecule is C[C@H]1CNC[C@@H](O)C1(F)F.Cl. The molecule has 0 amide bonds. The normalized spacial score (nSPS) is 36.0. The Labute approximate surface area is 70.4 Å². The van der Waals surface area contributed by atoms with Crippen LogP contribution in [0.3, 0.4) is 0 Å². The minimum absolute atomic E-state index is 0. The van der Waals surface area contributed by atoms with Crippen molar-refractivity contribution in [1.29, 1.82) is 0 Å². The fourth-order valence-electron chi connectivity index (χ4n) is 1.04. The fourth-order valence-corrected chi connectivity index (χ4v) is 1.04. The van der Waals surface area contributed by atoms with Crippen molar-refractivity contribution in [2.75, 3.05) is 13.1 Å². The fraction of sp³-hybridized carbons (Fsp3) is 1.00. The first-order valence-electron chi connectivity index (χ1n) is 3.31. The number of piperidine rings is 1. The van der Waals surface area contributed by atoms with E-state index in [0.717, 1.165) is 0 Å². The molecule has 2 N–H and O–H groups in total. The molecule has 1 saturated heterocycles. The summed E-state index contributed by atoms with van der Waals surface area (Å²) in [6.07, 6.45) is -1.52. The predicted octanol–water partition coefficient (Wildman–Crippen LogP) is 0.644. The molecule has 0 aromatic carbocycles. The summed E-state index contributed by atoms with van der Waals surface area (Å²) < 4.78 is 25.4. The lowest BCUT2D eigenvalue weighted by molar-refractivity contribution is -0.155. The third-order valence-electron chi connectivity index (χ3n) is 1.89. The summed E-state index contributed by atoms with van der Waals surface area (Å²) >= 11 is 0. The molecule has 0 aromatic rings. The number of hydrogen-bond donors (Lipinski definition) is 2. The molecule has 1 aliphatic rings. The molecule has 11 heavy (non-hydrogen) atoms. The van der Waals surface area contributed by atoms with E-state index in [9.17, 15) is 8.78 Å². The van der Waals surface area contributed by atoms with Gasteiger partial charge in [-0.05, 0) is 0 Å². The molecule has 1 fully saturated rings. The lowest BCUT2D eigenvalue weighted by Gasteiger charge is -2.33. The summed E-state index contributed by atoms with van der Waals surface area (Å²) in [6.45, 7) is 1.71. The third kappa shape index (κ3) is 2.01. The maximum atomic E-state index is 12.7. The smallest absolute Gasteiger partial charge is 0.278 e. The molecule has 0 saturated carbocycles. The molecule has 0 radical (unpaired) electrons. The Morgan fingerprint density at radius 2 is 2.00 bits per heavy atom. The molecule has 68 valence electrons. The summed E-state index contributed by atoms with van der Waals surface area (Å²) in [4.78, 5) is 0. The van der Waals surface area contributed by atoms with Crippen molar-refractivity contribution in [2.24, 2.45) is 5.92 Å². The second-order valence-electron chi connectivity index (χ2n) is 2.75. The molecule has 5 heteroatoms. The van der Waals surface area contributed by atoms with Crippen molar-refractivity contribution >= 4 is 12.4 Å². The van der Waals surface area contributed by atoms with Crippen LogP contribution in [-0.4, -0.2) is 30.2 Å². The van der Waals surface area contributed by atoms with Gasteiger partial charge in [0.1, 0.15) is 6.10 Å². The van der Waals surface area contributed by atoms with E-state index in [1.54, 1.807) is 0 Å². The van der Waals surface area contributed by atoms with Crippen LogP contribution in [0.25, 0.3) is 0 Å². The van der Waals surface area contributed by atoms with E-state index in [1.807, 2.05) is 0 Å². The number of hydrogen-bond acceptors (Lipinski definition) is 2. The van der Waals surface area contributed by atoms with E-state index in [-0.39, 0.29) is 25.5 Å². The zero-order chi connectivity index (χ0) is 7.78. The van der Waals surface area contributed by atoms with Crippen LogP contribution >= 0.6 is 12.4 Å². The number of aliphatic hydroxyl groups is 1. The Bertz CT molecular complexity index is 122. The Balaban J connectivity index is 0.000001000. The second kappa shape index (κ2) is 3.65. The molecule has 1 aliphatic heterocycles. The topological polar surface area (TPSA) is 32.3 Å². The molecule has 2 nitrogen and oxygen atoms in total. The molecular weight excluding hydrogens is 176 g/mol. The Morgan fingerprint density at radius 3 is 2.36 bits per heavy atom. The van der Waals surface area contributed by atoms with E-state index in [2.05, 4.69) is 5.32 Å². The zero-order valence-corrected chi connectivity index (χ0v) is 7.00. The summed E-state index contributed by atoms with van der Waals surface area (Å²) in [6, 6.07) is 0. The molecule has 0 aromatic heterocycles. The van der Waals surface area contributed by atoms with Crippen LogP contribution in [0, 0.1) is 5.92 Å². The molecule has 0 bridgehead atoms. The van der Waals surface area contributed by atoms with E-state index >= 15 is 0 Å². The lowest BCUT2D eigenvalue weighted by atomic mass is 9.95. The summed E-state index contributed by atoms with van der Waals surface area (Å²) in [5.41, 5.74) is 0. The first kappa shape index (κ1) is 11.1. The Kier molecular flexibility index (Phi) is 3.67. The van der Waals surface area contributed by atoms with Gasteiger partial charge in [0.15, 0.2) is 0 Å². The minimum atomic E-state index is -2.91. The highest BCUT2D eigenvalue weighted by Crippen LogP contribution is 2.29. The molecule has 0 unspecified atom stereocenters. The quantitative estimate of drug-likeness (QED) is 0.584. The van der Waals surface area contributed by atoms with Crippen LogP contribution in [0.5, 0.6) is 0 Å². The summed E-state index contributed by atoms with van der Waals surface area (Å²) in [5.74, 6) is -3.68. The van der Waals surface area contributed by atoms with Gasteiger partial charge in [-0.1, -0.05) is 6.92 Å². The number of β-amino-alcohol motifs (C(OH)–C–C–N with tert-alkyl or cyclic N) is 1. The predicted molar refractivity (Wildman–Crippen MR) is 40.2 cm³/mol. The number of halogens is 3. The summed E-state index contributed by atoms with van der Waals surface area (Å²) in [5, 5.41) is 11.5. The molecular formula is C6H12ClF2NO. The Hall–Kier alpha value is 0.0700. The number of nitrogens with one attached hydrogen (secondary N) is 1. The van der Waals surface area contributed by atoms with Gasteiger partial charge < -0.3 is 10.4 Å². The van der Waals surface area contributed by atoms with Crippen molar-refractivity contribution in [3.8, 4) is 0 Å². The van der Waals surface area contributed by atoms with Gasteiger partial charge in [0.05, 0.1) is 0 Å². The van der Waals surface area contributed by atoms with Crippen LogP contribution in [0.2, 0.25) is 0 Å². The molecule has 0 aliphatic carbocycles. The Morgan fingerprint density at radius 1 is 1.45 bits per heavy atom. The monoisotopic (exact) mass is 187 g/mol. The van der Waals surface area contributed by atoms with Gasteiger partial charge in [-0.15, -0.1) is 12.4 Å². The summed E-state index contributed by atoms with van der Waals surface area (Å²) in [7, 11) is 0. The standard InChI is InChI=1S/C6H11F2NO.ClH/c1-4-2-9-3-5(10)6(4,7)8;/h4-5,9-10H,2-3H2,1H3;1H/t4-,5+;/m0./s1. The van der Waals surface area contributed by atoms with Crippen molar-refractivity contribution in [3.05, 3.63) is 0 Å². The molecule has 1 heterocycles. The van der Waals surface area contributed by atoms with Gasteiger partial charge in [0, 0.05) is 19.0 Å². The van der Waals surface area contributed by atoms with E-state index < -0.39 is 17.9 Å². The van der Waals surface area contributed by atoms with Crippen LogP contribution in [0.15, 0.2) is 0 Å². The highest BCUT2D eigenvalue weighted by molar-refractivity contribution is 5.85. The van der Waals surface area contributed by atoms with Gasteiger partial charge in [0.25, 0.3) is 5.92 Å². The van der Waals surface area contributed by atoms with Gasteiger partial charge in [-0.25, -0.2) is 8.78 Å². The number of rotatable bonds is 0. The maximum Gasteiger partial charge on any atom is 0.278 e. The van der Waals surface area contributed by atoms with Gasteiger partial charge in [-0.2, -0.15) is 0 Å². The van der Waals surface area contributed by atoms with Gasteiger partial charge in [-0.3, -0.25) is 0 Å². The lowest BCUT2D eigenvalue weighted by Crippen LogP contribution is -2.54. The molecule has 1 rings (SSSR count). The average Bonchev–Trinajstić information content (AvgIpc) is 1.84. The van der Waals surface area contributed by atoms with Gasteiger partial charge >= 0.3 is 0 Å². The number of aliphatic hydroxyl groups excluding tert-OH is 1. The van der Waals surface area contributed by atoms with Crippen molar-refractivity contribution in [2.45, 2.75) is 19.0 Å². The van der Waals surface area contributed by atoms with Crippen LogP contribution < -0.4 is 5.32 Å². The van der Waals surface area contributed by atoms with Crippen molar-refractivity contribution < 1.29 is 13.9 Å². The van der Waals surface area contributed by atoms with Gasteiger partial charge in [0.2, 0.25) is 0 Å². The first-order valence-corrected chi connectivity index (χ1v) is 3.31. The zero-order valence-electron chi connectivity index (χ0n) is 6.18. The molecule has 2 atom stereocenters. The first-order chi connectivity index (χ1) is 4.55. The van der Waals surface area contributed by atoms with E-state index in [4.69, 9.17) is 5.11 Å². The second-order valence-corrected chi connectivity index (χ2v) is 2.75. The van der Waals surface area contributed by atoms with E-state index in [0.29, 0.717) is 0 Å². The van der Waals surface area contributed by atoms with Crippen molar-refractivity contribution in [3.63, 3.8) is 0 Å². The highest BCUT2D eigenvalue weighted by atomic mass is 35.5. The van der Waals surface area contributed by atoms with Crippen LogP contribution in [-0.2, 0) is 0 Å². The van der Waals surface area contributed by atoms with Crippen LogP contribution in [0.1, 0.15) is 6.92 Å². The minimum Gasteiger partial charge on any atom is -0.386 e.